The van der Waals surface area contributed by atoms with E-state index in [0.717, 1.165) is 35.8 Å². The average Bonchev–Trinajstić information content (AvgIpc) is 3.11. The number of carbonyl (C=O) groups excluding carboxylic acids is 1. The molecule has 0 saturated carbocycles. The van der Waals surface area contributed by atoms with Crippen LogP contribution in [0.5, 0.6) is 0 Å². The zero-order chi connectivity index (χ0) is 20.2. The number of nitriles is 1. The van der Waals surface area contributed by atoms with Gasteiger partial charge in [0.05, 0.1) is 22.9 Å². The SMILES string of the molecule is N#Cc1ccc(N2CCCN(C(=O)c3cnc(-c4ccccc4Cl)s3)CC2)cc1. The summed E-state index contributed by atoms with van der Waals surface area (Å²) in [4.78, 5) is 22.2. The fourth-order valence-corrected chi connectivity index (χ4v) is 4.62. The lowest BCUT2D eigenvalue weighted by Gasteiger charge is -2.23. The van der Waals surface area contributed by atoms with Crippen LogP contribution < -0.4 is 4.90 Å². The average molecular weight is 423 g/mol. The highest BCUT2D eigenvalue weighted by Crippen LogP contribution is 2.31. The number of thiazole rings is 1. The van der Waals surface area contributed by atoms with Crippen LogP contribution in [0.2, 0.25) is 5.02 Å². The van der Waals surface area contributed by atoms with Gasteiger partial charge in [-0.1, -0.05) is 29.8 Å². The van der Waals surface area contributed by atoms with E-state index in [9.17, 15) is 4.79 Å². The van der Waals surface area contributed by atoms with Crippen LogP contribution in [-0.2, 0) is 0 Å². The Morgan fingerprint density at radius 1 is 1.07 bits per heavy atom. The van der Waals surface area contributed by atoms with Crippen LogP contribution in [0.1, 0.15) is 21.7 Å². The largest absolute Gasteiger partial charge is 0.370 e. The Labute approximate surface area is 178 Å². The van der Waals surface area contributed by atoms with Crippen LogP contribution in [0.15, 0.2) is 54.7 Å². The molecule has 2 heterocycles. The van der Waals surface area contributed by atoms with Gasteiger partial charge in [-0.15, -0.1) is 11.3 Å². The van der Waals surface area contributed by atoms with E-state index < -0.39 is 0 Å². The molecule has 1 aliphatic heterocycles. The molecular formula is C22H19ClN4OS. The van der Waals surface area contributed by atoms with Gasteiger partial charge in [-0.05, 0) is 36.8 Å². The fourth-order valence-electron chi connectivity index (χ4n) is 3.41. The Hall–Kier alpha value is -2.88. The third-order valence-electron chi connectivity index (χ3n) is 4.97. The monoisotopic (exact) mass is 422 g/mol. The van der Waals surface area contributed by atoms with Crippen LogP contribution in [0.3, 0.4) is 0 Å². The minimum Gasteiger partial charge on any atom is -0.370 e. The number of anilines is 1. The van der Waals surface area contributed by atoms with Crippen molar-refractivity contribution in [1.82, 2.24) is 9.88 Å². The number of aromatic nitrogens is 1. The molecule has 0 bridgehead atoms. The normalized spacial score (nSPS) is 14.3. The third kappa shape index (κ3) is 4.26. The van der Waals surface area contributed by atoms with Gasteiger partial charge in [0.15, 0.2) is 0 Å². The maximum Gasteiger partial charge on any atom is 0.265 e. The van der Waals surface area contributed by atoms with Crippen LogP contribution in [0, 0.1) is 11.3 Å². The molecule has 0 radical (unpaired) electrons. The molecule has 1 aromatic heterocycles. The molecule has 7 heteroatoms. The highest BCUT2D eigenvalue weighted by atomic mass is 35.5. The summed E-state index contributed by atoms with van der Waals surface area (Å²) < 4.78 is 0. The van der Waals surface area contributed by atoms with Crippen molar-refractivity contribution in [2.45, 2.75) is 6.42 Å². The summed E-state index contributed by atoms with van der Waals surface area (Å²) >= 11 is 7.64. The summed E-state index contributed by atoms with van der Waals surface area (Å²) in [7, 11) is 0. The van der Waals surface area contributed by atoms with Gasteiger partial charge in [-0.2, -0.15) is 5.26 Å². The van der Waals surface area contributed by atoms with Gasteiger partial charge in [0.25, 0.3) is 5.91 Å². The van der Waals surface area contributed by atoms with Gasteiger partial charge >= 0.3 is 0 Å². The summed E-state index contributed by atoms with van der Waals surface area (Å²) in [5, 5.41) is 10.3. The number of halogens is 1. The Kier molecular flexibility index (Phi) is 5.79. The minimum absolute atomic E-state index is 0.0162. The number of hydrogen-bond donors (Lipinski definition) is 0. The molecule has 0 unspecified atom stereocenters. The zero-order valence-electron chi connectivity index (χ0n) is 15.7. The van der Waals surface area contributed by atoms with Gasteiger partial charge in [-0.3, -0.25) is 4.79 Å². The maximum absolute atomic E-state index is 13.0. The molecule has 5 nitrogen and oxygen atoms in total. The van der Waals surface area contributed by atoms with Gasteiger partial charge in [0.1, 0.15) is 9.88 Å². The molecule has 0 atom stereocenters. The first-order chi connectivity index (χ1) is 14.2. The standard InChI is InChI=1S/C22H19ClN4OS/c23-19-5-2-1-4-18(19)21-25-15-20(29-21)22(28)27-11-3-10-26(12-13-27)17-8-6-16(14-24)7-9-17/h1-2,4-9,15H,3,10-13H2. The second kappa shape index (κ2) is 8.64. The summed E-state index contributed by atoms with van der Waals surface area (Å²) in [5.74, 6) is 0.0162. The second-order valence-corrected chi connectivity index (χ2v) is 8.24. The van der Waals surface area contributed by atoms with E-state index in [2.05, 4.69) is 16.0 Å². The quantitative estimate of drug-likeness (QED) is 0.614. The number of rotatable bonds is 3. The van der Waals surface area contributed by atoms with Crippen molar-refractivity contribution in [3.05, 3.63) is 70.2 Å². The number of benzene rings is 2. The van der Waals surface area contributed by atoms with Crippen molar-refractivity contribution >= 4 is 34.5 Å². The van der Waals surface area contributed by atoms with Gasteiger partial charge < -0.3 is 9.80 Å². The van der Waals surface area contributed by atoms with E-state index in [1.54, 1.807) is 6.20 Å². The van der Waals surface area contributed by atoms with E-state index in [4.69, 9.17) is 16.9 Å². The molecular weight excluding hydrogens is 404 g/mol. The molecule has 0 aliphatic carbocycles. The lowest BCUT2D eigenvalue weighted by atomic mass is 10.2. The van der Waals surface area contributed by atoms with Crippen LogP contribution >= 0.6 is 22.9 Å². The highest BCUT2D eigenvalue weighted by molar-refractivity contribution is 7.17. The van der Waals surface area contributed by atoms with Crippen molar-refractivity contribution in [3.8, 4) is 16.6 Å². The highest BCUT2D eigenvalue weighted by Gasteiger charge is 2.22. The van der Waals surface area contributed by atoms with Gasteiger partial charge in [-0.25, -0.2) is 4.98 Å². The molecule has 0 N–H and O–H groups in total. The molecule has 1 saturated heterocycles. The Morgan fingerprint density at radius 2 is 1.86 bits per heavy atom. The lowest BCUT2D eigenvalue weighted by Crippen LogP contribution is -2.34. The van der Waals surface area contributed by atoms with Gasteiger partial charge in [0.2, 0.25) is 0 Å². The smallest absolute Gasteiger partial charge is 0.265 e. The summed E-state index contributed by atoms with van der Waals surface area (Å²) in [5.41, 5.74) is 2.58. The van der Waals surface area contributed by atoms with Crippen molar-refractivity contribution < 1.29 is 4.79 Å². The summed E-state index contributed by atoms with van der Waals surface area (Å²) in [6, 6.07) is 17.3. The third-order valence-corrected chi connectivity index (χ3v) is 6.31. The first kappa shape index (κ1) is 19.4. The first-order valence-electron chi connectivity index (χ1n) is 9.41. The molecule has 4 rings (SSSR count). The molecule has 0 spiro atoms. The topological polar surface area (TPSA) is 60.2 Å². The molecule has 1 aliphatic rings. The number of carbonyl (C=O) groups is 1. The molecule has 1 amide bonds. The number of amides is 1. The second-order valence-electron chi connectivity index (χ2n) is 6.80. The predicted octanol–water partition coefficient (Wildman–Crippen LogP) is 4.69. The van der Waals surface area contributed by atoms with Crippen molar-refractivity contribution in [2.75, 3.05) is 31.1 Å². The van der Waals surface area contributed by atoms with E-state index in [1.165, 1.54) is 11.3 Å². The van der Waals surface area contributed by atoms with E-state index >= 15 is 0 Å². The number of hydrogen-bond acceptors (Lipinski definition) is 5. The molecule has 1 fully saturated rings. The van der Waals surface area contributed by atoms with Crippen LogP contribution in [0.4, 0.5) is 5.69 Å². The van der Waals surface area contributed by atoms with Crippen LogP contribution in [-0.4, -0.2) is 42.0 Å². The van der Waals surface area contributed by atoms with Crippen molar-refractivity contribution in [2.24, 2.45) is 0 Å². The van der Waals surface area contributed by atoms with Gasteiger partial charge in [0, 0.05) is 37.4 Å². The molecule has 29 heavy (non-hydrogen) atoms. The zero-order valence-corrected chi connectivity index (χ0v) is 17.3. The summed E-state index contributed by atoms with van der Waals surface area (Å²) in [6.45, 7) is 3.00. The maximum atomic E-state index is 13.0. The van der Waals surface area contributed by atoms with E-state index in [1.807, 2.05) is 53.4 Å². The molecule has 146 valence electrons. The Bertz CT molecular complexity index is 1060. The van der Waals surface area contributed by atoms with Crippen LogP contribution in [0.25, 0.3) is 10.6 Å². The molecule has 3 aromatic rings. The molecule has 2 aromatic carbocycles. The summed E-state index contributed by atoms with van der Waals surface area (Å²) in [6.07, 6.45) is 2.54. The van der Waals surface area contributed by atoms with E-state index in [-0.39, 0.29) is 5.91 Å². The fraction of sp³-hybridized carbons (Fsp3) is 0.227. The predicted molar refractivity (Wildman–Crippen MR) is 116 cm³/mol. The Morgan fingerprint density at radius 3 is 2.62 bits per heavy atom. The van der Waals surface area contributed by atoms with E-state index in [0.29, 0.717) is 28.6 Å². The number of nitrogens with zero attached hydrogens (tertiary/aromatic N) is 4. The first-order valence-corrected chi connectivity index (χ1v) is 10.6. The van der Waals surface area contributed by atoms with Crippen molar-refractivity contribution in [1.29, 1.82) is 5.26 Å². The Balaban J connectivity index is 1.45. The minimum atomic E-state index is 0.0162. The lowest BCUT2D eigenvalue weighted by molar-refractivity contribution is 0.0771. The van der Waals surface area contributed by atoms with Crippen molar-refractivity contribution in [3.63, 3.8) is 0 Å².